The van der Waals surface area contributed by atoms with Crippen LogP contribution in [0.15, 0.2) is 42.5 Å². The van der Waals surface area contributed by atoms with E-state index in [9.17, 15) is 14.3 Å². The molecule has 2 aromatic carbocycles. The van der Waals surface area contributed by atoms with Crippen LogP contribution in [-0.2, 0) is 6.54 Å². The molecular weight excluding hydrogens is 273 g/mol. The molecule has 0 aliphatic carbocycles. The first-order valence-corrected chi connectivity index (χ1v) is 6.38. The molecule has 2 rings (SSSR count). The van der Waals surface area contributed by atoms with Gasteiger partial charge in [0, 0.05) is 19.7 Å². The van der Waals surface area contributed by atoms with E-state index in [0.717, 1.165) is 23.4 Å². The summed E-state index contributed by atoms with van der Waals surface area (Å²) in [4.78, 5) is 13.7. The predicted molar refractivity (Wildman–Crippen MR) is 76.9 cm³/mol. The number of carbonyl (C=O) groups is 1. The number of phenolic OH excluding ortho intramolecular Hbond substituents is 1. The summed E-state index contributed by atoms with van der Waals surface area (Å²) >= 11 is 0. The second kappa shape index (κ2) is 6.26. The highest BCUT2D eigenvalue weighted by Crippen LogP contribution is 2.20. The van der Waals surface area contributed by atoms with Gasteiger partial charge >= 0.3 is 0 Å². The lowest BCUT2D eigenvalue weighted by Crippen LogP contribution is -2.26. The number of hydrogen-bond donors (Lipinski definition) is 1. The number of methoxy groups -OCH3 is 1. The minimum absolute atomic E-state index is 0.0763. The molecule has 0 saturated carbocycles. The Balaban J connectivity index is 2.11. The SMILES string of the molecule is COc1ccc(CN(C)C(=O)c2ccc(F)cc2O)cc1. The van der Waals surface area contributed by atoms with Crippen LogP contribution < -0.4 is 4.74 Å². The fourth-order valence-electron chi connectivity index (χ4n) is 1.97. The molecule has 2 aromatic rings. The Bertz CT molecular complexity index is 640. The van der Waals surface area contributed by atoms with Gasteiger partial charge in [-0.05, 0) is 29.8 Å². The maximum absolute atomic E-state index is 12.9. The molecule has 0 atom stereocenters. The number of aromatic hydroxyl groups is 1. The van der Waals surface area contributed by atoms with Gasteiger partial charge in [0.25, 0.3) is 5.91 Å². The molecule has 0 spiro atoms. The van der Waals surface area contributed by atoms with Crippen LogP contribution in [0.25, 0.3) is 0 Å². The zero-order valence-corrected chi connectivity index (χ0v) is 11.8. The molecular formula is C16H16FNO3. The van der Waals surface area contributed by atoms with Gasteiger partial charge in [-0.3, -0.25) is 4.79 Å². The van der Waals surface area contributed by atoms with Gasteiger partial charge < -0.3 is 14.7 Å². The summed E-state index contributed by atoms with van der Waals surface area (Å²) in [6.45, 7) is 0.375. The number of halogens is 1. The lowest BCUT2D eigenvalue weighted by Gasteiger charge is -2.18. The van der Waals surface area contributed by atoms with Crippen LogP contribution in [0.2, 0.25) is 0 Å². The van der Waals surface area contributed by atoms with Gasteiger partial charge in [0.05, 0.1) is 12.7 Å². The van der Waals surface area contributed by atoms with Crippen LogP contribution in [-0.4, -0.2) is 30.1 Å². The summed E-state index contributed by atoms with van der Waals surface area (Å²) in [5, 5.41) is 9.64. The number of phenols is 1. The first kappa shape index (κ1) is 14.8. The molecule has 0 fully saturated rings. The van der Waals surface area contributed by atoms with Crippen molar-refractivity contribution in [2.24, 2.45) is 0 Å². The molecule has 110 valence electrons. The first-order valence-electron chi connectivity index (χ1n) is 6.38. The highest BCUT2D eigenvalue weighted by Gasteiger charge is 2.16. The van der Waals surface area contributed by atoms with E-state index in [1.165, 1.54) is 11.0 Å². The third kappa shape index (κ3) is 3.51. The summed E-state index contributed by atoms with van der Waals surface area (Å²) in [6, 6.07) is 10.7. The molecule has 0 heterocycles. The standard InChI is InChI=1S/C16H16FNO3/c1-18(10-11-3-6-13(21-2)7-4-11)16(20)14-8-5-12(17)9-15(14)19/h3-9,19H,10H2,1-2H3. The number of carbonyl (C=O) groups excluding carboxylic acids is 1. The van der Waals surface area contributed by atoms with E-state index in [-0.39, 0.29) is 17.2 Å². The Hall–Kier alpha value is -2.56. The Labute approximate surface area is 122 Å². The van der Waals surface area contributed by atoms with Crippen molar-refractivity contribution >= 4 is 5.91 Å². The maximum atomic E-state index is 12.9. The van der Waals surface area contributed by atoms with Gasteiger partial charge in [-0.1, -0.05) is 12.1 Å². The van der Waals surface area contributed by atoms with Crippen molar-refractivity contribution in [3.63, 3.8) is 0 Å². The van der Waals surface area contributed by atoms with Crippen LogP contribution >= 0.6 is 0 Å². The molecule has 1 N–H and O–H groups in total. The van der Waals surface area contributed by atoms with E-state index in [4.69, 9.17) is 4.74 Å². The number of ether oxygens (including phenoxy) is 1. The summed E-state index contributed by atoms with van der Waals surface area (Å²) in [5.74, 6) is -0.573. The minimum Gasteiger partial charge on any atom is -0.507 e. The van der Waals surface area contributed by atoms with E-state index in [1.807, 2.05) is 24.3 Å². The van der Waals surface area contributed by atoms with Gasteiger partial charge in [-0.2, -0.15) is 0 Å². The van der Waals surface area contributed by atoms with Gasteiger partial charge in [-0.15, -0.1) is 0 Å². The molecule has 0 bridgehead atoms. The van der Waals surface area contributed by atoms with Crippen molar-refractivity contribution in [2.45, 2.75) is 6.54 Å². The van der Waals surface area contributed by atoms with Crippen molar-refractivity contribution in [1.29, 1.82) is 0 Å². The van der Waals surface area contributed by atoms with Gasteiger partial charge in [-0.25, -0.2) is 4.39 Å². The predicted octanol–water partition coefficient (Wildman–Crippen LogP) is 2.81. The lowest BCUT2D eigenvalue weighted by atomic mass is 10.1. The maximum Gasteiger partial charge on any atom is 0.257 e. The average Bonchev–Trinajstić information content (AvgIpc) is 2.47. The Kier molecular flexibility index (Phi) is 4.42. The molecule has 0 unspecified atom stereocenters. The molecule has 1 amide bonds. The molecule has 0 aliphatic rings. The van der Waals surface area contributed by atoms with Crippen LogP contribution in [0.4, 0.5) is 4.39 Å². The van der Waals surface area contributed by atoms with Crippen LogP contribution in [0.1, 0.15) is 15.9 Å². The fraction of sp³-hybridized carbons (Fsp3) is 0.188. The smallest absolute Gasteiger partial charge is 0.257 e. The topological polar surface area (TPSA) is 49.8 Å². The van der Waals surface area contributed by atoms with Gasteiger partial charge in [0.15, 0.2) is 0 Å². The van der Waals surface area contributed by atoms with Gasteiger partial charge in [0.1, 0.15) is 17.3 Å². The molecule has 4 nitrogen and oxygen atoms in total. The first-order chi connectivity index (χ1) is 10.0. The number of hydrogen-bond acceptors (Lipinski definition) is 3. The van der Waals surface area contributed by atoms with Crippen LogP contribution in [0.3, 0.4) is 0 Å². The minimum atomic E-state index is -0.582. The zero-order chi connectivity index (χ0) is 15.4. The van der Waals surface area contributed by atoms with E-state index in [2.05, 4.69) is 0 Å². The van der Waals surface area contributed by atoms with E-state index >= 15 is 0 Å². The summed E-state index contributed by atoms with van der Waals surface area (Å²) < 4.78 is 18.0. The van der Waals surface area contributed by atoms with E-state index < -0.39 is 5.82 Å². The highest BCUT2D eigenvalue weighted by molar-refractivity contribution is 5.96. The van der Waals surface area contributed by atoms with Crippen molar-refractivity contribution in [1.82, 2.24) is 4.90 Å². The van der Waals surface area contributed by atoms with Crippen molar-refractivity contribution in [2.75, 3.05) is 14.2 Å². The van der Waals surface area contributed by atoms with E-state index in [1.54, 1.807) is 14.2 Å². The van der Waals surface area contributed by atoms with E-state index in [0.29, 0.717) is 6.54 Å². The van der Waals surface area contributed by atoms with Crippen LogP contribution in [0.5, 0.6) is 11.5 Å². The van der Waals surface area contributed by atoms with Crippen LogP contribution in [0, 0.1) is 5.82 Å². The quantitative estimate of drug-likeness (QED) is 0.941. The summed E-state index contributed by atoms with van der Waals surface area (Å²) in [6.07, 6.45) is 0. The second-order valence-electron chi connectivity index (χ2n) is 4.67. The second-order valence-corrected chi connectivity index (χ2v) is 4.67. The van der Waals surface area contributed by atoms with Crippen molar-refractivity contribution in [3.05, 3.63) is 59.4 Å². The molecule has 5 heteroatoms. The number of nitrogens with zero attached hydrogens (tertiary/aromatic N) is 1. The van der Waals surface area contributed by atoms with Crippen molar-refractivity contribution < 1.29 is 19.0 Å². The third-order valence-corrected chi connectivity index (χ3v) is 3.12. The molecule has 21 heavy (non-hydrogen) atoms. The van der Waals surface area contributed by atoms with Crippen molar-refractivity contribution in [3.8, 4) is 11.5 Å². The molecule has 0 saturated heterocycles. The third-order valence-electron chi connectivity index (χ3n) is 3.12. The Morgan fingerprint density at radius 3 is 2.48 bits per heavy atom. The van der Waals surface area contributed by atoms with Gasteiger partial charge in [0.2, 0.25) is 0 Å². The Morgan fingerprint density at radius 1 is 1.24 bits per heavy atom. The normalized spacial score (nSPS) is 10.2. The lowest BCUT2D eigenvalue weighted by molar-refractivity contribution is 0.0782. The number of benzene rings is 2. The summed E-state index contributed by atoms with van der Waals surface area (Å²) in [5.41, 5.74) is 1.00. The summed E-state index contributed by atoms with van der Waals surface area (Å²) in [7, 11) is 3.21. The highest BCUT2D eigenvalue weighted by atomic mass is 19.1. The average molecular weight is 289 g/mol. The molecule has 0 aromatic heterocycles. The number of amides is 1. The monoisotopic (exact) mass is 289 g/mol. The zero-order valence-electron chi connectivity index (χ0n) is 11.8. The Morgan fingerprint density at radius 2 is 1.90 bits per heavy atom. The molecule has 0 aliphatic heterocycles. The number of rotatable bonds is 4. The fourth-order valence-corrected chi connectivity index (χ4v) is 1.97. The molecule has 0 radical (unpaired) electrons. The largest absolute Gasteiger partial charge is 0.507 e.